The van der Waals surface area contributed by atoms with Crippen LogP contribution in [-0.2, 0) is 95.2 Å². The minimum absolute atomic E-state index is 0.0368. The molecule has 3 aliphatic carbocycles. The Bertz CT molecular complexity index is 5140. The van der Waals surface area contributed by atoms with Crippen molar-refractivity contribution >= 4 is 94.3 Å². The molecular formula is C99H96N8O14S. The summed E-state index contributed by atoms with van der Waals surface area (Å²) in [5.74, 6) is -6.75. The van der Waals surface area contributed by atoms with E-state index in [4.69, 9.17) is 8.42 Å². The summed E-state index contributed by atoms with van der Waals surface area (Å²) < 4.78 is 16.6. The quantitative estimate of drug-likeness (QED) is 0.0642. The van der Waals surface area contributed by atoms with Crippen LogP contribution < -0.4 is 9.80 Å². The van der Waals surface area contributed by atoms with Gasteiger partial charge in [0, 0.05) is 18.1 Å². The molecule has 3 unspecified atom stereocenters. The molecule has 0 spiro atoms. The van der Waals surface area contributed by atoms with Crippen molar-refractivity contribution in [3.8, 4) is 11.1 Å². The summed E-state index contributed by atoms with van der Waals surface area (Å²) in [6.45, 7) is 2.36. The van der Waals surface area contributed by atoms with Gasteiger partial charge in [-0.2, -0.15) is 8.42 Å². The molecule has 4 aliphatic heterocycles. The monoisotopic (exact) mass is 1650 g/mol. The van der Waals surface area contributed by atoms with Gasteiger partial charge in [-0.1, -0.05) is 311 Å². The van der Waals surface area contributed by atoms with E-state index in [0.29, 0.717) is 24.2 Å². The number of carbonyl (C=O) groups excluding carboxylic acids is 12. The lowest BCUT2D eigenvalue weighted by molar-refractivity contribution is -0.153. The predicted octanol–water partition coefficient (Wildman–Crippen LogP) is 16.7. The van der Waals surface area contributed by atoms with Crippen molar-refractivity contribution in [3.05, 3.63) is 336 Å². The van der Waals surface area contributed by atoms with Gasteiger partial charge in [0.15, 0.2) is 0 Å². The van der Waals surface area contributed by atoms with E-state index in [1.54, 1.807) is 24.3 Å². The first-order valence-electron chi connectivity index (χ1n) is 41.6. The van der Waals surface area contributed by atoms with Crippen molar-refractivity contribution in [2.75, 3.05) is 9.80 Å². The van der Waals surface area contributed by atoms with Gasteiger partial charge < -0.3 is 0 Å². The van der Waals surface area contributed by atoms with Crippen molar-refractivity contribution in [2.24, 2.45) is 23.7 Å². The number of urea groups is 4. The van der Waals surface area contributed by atoms with Gasteiger partial charge in [0.05, 0.1) is 31.0 Å². The summed E-state index contributed by atoms with van der Waals surface area (Å²) >= 11 is -0.750. The molecule has 3 atom stereocenters. The molecule has 7 fully saturated rings. The third-order valence-corrected chi connectivity index (χ3v) is 23.3. The third-order valence-electron chi connectivity index (χ3n) is 23.3. The number of barbiturate groups is 4. The minimum atomic E-state index is -0.979. The van der Waals surface area contributed by atoms with E-state index in [2.05, 4.69) is 0 Å². The molecule has 0 N–H and O–H groups in total. The highest BCUT2D eigenvalue weighted by Gasteiger charge is 2.53. The number of benzene rings is 10. The zero-order valence-corrected chi connectivity index (χ0v) is 68.7. The van der Waals surface area contributed by atoms with Crippen molar-refractivity contribution in [2.45, 2.75) is 147 Å². The molecule has 22 nitrogen and oxygen atoms in total. The molecule has 0 bridgehead atoms. The van der Waals surface area contributed by atoms with Crippen LogP contribution in [0.4, 0.5) is 30.6 Å². The SMILES string of the molecule is Cc1ccc(N2C(=O)C(Cc3ccccc3)C(=O)N(Cc3ccccc3)C2=O)cc1.O=C1C(Cc2ccccc2)C(=O)N(C2CCCC2)C(=O)N1C1CCCC1.O=C1C(Cc2ccccc2)C(=O)N(C2CCCC2)C(=O)N1Cc1ccccc1.O=C1C(Cc2ccccc2)C(=O)N(c2ccc(-c3ccccc3)cc2)C(=O)N1Cc1ccccc1.O=S=O. The number of carbonyl (C=O) groups is 12. The van der Waals surface area contributed by atoms with Crippen LogP contribution in [-0.4, -0.2) is 127 Å². The second-order valence-corrected chi connectivity index (χ2v) is 31.6. The van der Waals surface area contributed by atoms with E-state index in [1.807, 2.05) is 274 Å². The summed E-state index contributed by atoms with van der Waals surface area (Å²) in [6.07, 6.45) is 12.5. The smallest absolute Gasteiger partial charge is 0.273 e. The number of nitrogens with zero attached hydrogens (tertiary/aromatic N) is 8. The fourth-order valence-corrected chi connectivity index (χ4v) is 17.0. The van der Waals surface area contributed by atoms with Gasteiger partial charge in [0.1, 0.15) is 23.7 Å². The molecule has 4 saturated heterocycles. The zero-order valence-electron chi connectivity index (χ0n) is 67.9. The van der Waals surface area contributed by atoms with Crippen LogP contribution in [0.15, 0.2) is 291 Å². The number of hydrogen-bond donors (Lipinski definition) is 0. The second-order valence-electron chi connectivity index (χ2n) is 31.4. The standard InChI is InChI=1S/C30H24N2O3.C25H22N2O3.C23H24N2O3.C21H26N2O3.O2S/c33-28-27(20-22-10-4-1-5-11-22)29(34)32(30(35)31(28)21-23-12-6-2-7-13-23)26-18-16-25(17-19-26)24-14-8-3-9-15-24;1-18-12-14-21(15-13-18)27-24(29)22(16-19-8-4-2-5-9-19)23(28)26(25(27)30)17-20-10-6-3-7-11-20;26-21-20(15-17-9-3-1-4-10-17)22(27)25(19-13-7-8-14-19)23(28)24(21)16-18-11-5-2-6-12-18;24-19-18(14-15-8-2-1-3-9-15)20(25)23(17-12-6-7-13-17)21(26)22(19)16-10-4-5-11-16;1-3-2/h1-19,27H,20-21H2;2-15,22H,16-17H2,1H3;1-6,9-12,19-20H,7-8,13-16H2;1-3,8-9,16-18H,4-7,10-14H2;. The maximum absolute atomic E-state index is 13.6. The maximum Gasteiger partial charge on any atom is 0.338 e. The van der Waals surface area contributed by atoms with E-state index in [0.717, 1.165) is 142 Å². The molecule has 10 aromatic rings. The Hall–Kier alpha value is -13.5. The lowest BCUT2D eigenvalue weighted by Gasteiger charge is -2.42. The Labute approximate surface area is 713 Å². The average molecular weight is 1650 g/mol. The van der Waals surface area contributed by atoms with Gasteiger partial charge in [-0.05, 0) is 145 Å². The first kappa shape index (κ1) is 86.3. The Morgan fingerprint density at radius 1 is 0.246 bits per heavy atom. The molecule has 3 saturated carbocycles. The normalized spacial score (nSPS) is 18.6. The molecule has 23 heteroatoms. The first-order chi connectivity index (χ1) is 59.4. The van der Waals surface area contributed by atoms with Crippen LogP contribution in [0.5, 0.6) is 0 Å². The summed E-state index contributed by atoms with van der Waals surface area (Å²) in [4.78, 5) is 169. The fourth-order valence-electron chi connectivity index (χ4n) is 17.0. The predicted molar refractivity (Wildman–Crippen MR) is 461 cm³/mol. The number of rotatable bonds is 20. The molecular weight excluding hydrogens is 1560 g/mol. The van der Waals surface area contributed by atoms with Gasteiger partial charge in [0.2, 0.25) is 47.3 Å². The summed E-state index contributed by atoms with van der Waals surface area (Å²) in [5.41, 5.74) is 10.1. The first-order valence-corrected chi connectivity index (χ1v) is 42.2. The van der Waals surface area contributed by atoms with Gasteiger partial charge in [-0.25, -0.2) is 29.0 Å². The van der Waals surface area contributed by atoms with Gasteiger partial charge in [-0.3, -0.25) is 67.8 Å². The van der Waals surface area contributed by atoms with Crippen LogP contribution in [0.2, 0.25) is 0 Å². The van der Waals surface area contributed by atoms with E-state index in [-0.39, 0.29) is 74.4 Å². The lowest BCUT2D eigenvalue weighted by Crippen LogP contribution is -2.64. The van der Waals surface area contributed by atoms with E-state index < -0.39 is 82.9 Å². The molecule has 10 aromatic carbocycles. The van der Waals surface area contributed by atoms with Crippen molar-refractivity contribution < 1.29 is 66.0 Å². The molecule has 0 radical (unpaired) electrons. The highest BCUT2D eigenvalue weighted by Crippen LogP contribution is 2.38. The molecule has 7 aliphatic rings. The van der Waals surface area contributed by atoms with E-state index >= 15 is 0 Å². The second kappa shape index (κ2) is 41.4. The van der Waals surface area contributed by atoms with Crippen LogP contribution in [0, 0.1) is 30.6 Å². The maximum atomic E-state index is 13.6. The number of amides is 16. The molecule has 17 rings (SSSR count). The summed E-state index contributed by atoms with van der Waals surface area (Å²) in [7, 11) is 0. The van der Waals surface area contributed by atoms with Gasteiger partial charge in [0.25, 0.3) is 0 Å². The van der Waals surface area contributed by atoms with E-state index in [1.165, 1.54) is 29.4 Å². The Morgan fingerprint density at radius 3 is 0.754 bits per heavy atom. The van der Waals surface area contributed by atoms with E-state index in [9.17, 15) is 57.5 Å². The van der Waals surface area contributed by atoms with Crippen LogP contribution in [0.1, 0.15) is 122 Å². The number of imide groups is 8. The van der Waals surface area contributed by atoms with Gasteiger partial charge >= 0.3 is 35.7 Å². The van der Waals surface area contributed by atoms with Crippen LogP contribution in [0.3, 0.4) is 0 Å². The number of aryl methyl sites for hydroxylation is 1. The fraction of sp³-hybridized carbons (Fsp3) is 0.273. The van der Waals surface area contributed by atoms with Crippen LogP contribution in [0.25, 0.3) is 11.1 Å². The molecule has 16 amide bonds. The number of anilines is 2. The number of hydrogen-bond acceptors (Lipinski definition) is 14. The van der Waals surface area contributed by atoms with Gasteiger partial charge in [-0.15, -0.1) is 0 Å². The molecule has 122 heavy (non-hydrogen) atoms. The largest absolute Gasteiger partial charge is 0.338 e. The molecule has 622 valence electrons. The third kappa shape index (κ3) is 20.6. The van der Waals surface area contributed by atoms with Crippen molar-refractivity contribution in [1.82, 2.24) is 29.4 Å². The molecule has 4 heterocycles. The minimum Gasteiger partial charge on any atom is -0.273 e. The highest BCUT2D eigenvalue weighted by atomic mass is 32.1. The lowest BCUT2D eigenvalue weighted by atomic mass is 9.92. The molecule has 0 aromatic heterocycles. The van der Waals surface area contributed by atoms with Crippen molar-refractivity contribution in [1.29, 1.82) is 0 Å². The Balaban J connectivity index is 0.000000139. The average Bonchev–Trinajstić information content (AvgIpc) is 1.71. The highest BCUT2D eigenvalue weighted by molar-refractivity contribution is 7.51. The summed E-state index contributed by atoms with van der Waals surface area (Å²) in [5, 5.41) is 0. The Morgan fingerprint density at radius 2 is 0.467 bits per heavy atom. The zero-order chi connectivity index (χ0) is 85.6. The Kier molecular flexibility index (Phi) is 29.3. The summed E-state index contributed by atoms with van der Waals surface area (Å²) in [6, 6.07) is 88.2. The van der Waals surface area contributed by atoms with Crippen LogP contribution >= 0.6 is 0 Å². The topological polar surface area (TPSA) is 265 Å². The van der Waals surface area contributed by atoms with Crippen molar-refractivity contribution in [3.63, 3.8) is 0 Å².